The number of amides is 3. The van der Waals surface area contributed by atoms with Crippen molar-refractivity contribution < 1.29 is 19.1 Å². The van der Waals surface area contributed by atoms with Crippen molar-refractivity contribution in [3.8, 4) is 11.1 Å². The molecule has 0 aliphatic carbocycles. The van der Waals surface area contributed by atoms with Crippen molar-refractivity contribution in [3.05, 3.63) is 72.3 Å². The minimum absolute atomic E-state index is 0.113. The third-order valence-electron chi connectivity index (χ3n) is 4.70. The van der Waals surface area contributed by atoms with Crippen molar-refractivity contribution in [2.45, 2.75) is 6.92 Å². The third kappa shape index (κ3) is 3.25. The summed E-state index contributed by atoms with van der Waals surface area (Å²) in [7, 11) is 0. The Morgan fingerprint density at radius 2 is 1.43 bits per heavy atom. The van der Waals surface area contributed by atoms with Crippen LogP contribution in [0.5, 0.6) is 0 Å². The summed E-state index contributed by atoms with van der Waals surface area (Å²) in [5.41, 5.74) is 3.64. The van der Waals surface area contributed by atoms with Crippen LogP contribution in [-0.2, 0) is 19.1 Å². The highest BCUT2D eigenvalue weighted by molar-refractivity contribution is 6.30. The van der Waals surface area contributed by atoms with Gasteiger partial charge in [-0.3, -0.25) is 19.3 Å². The maximum absolute atomic E-state index is 12.1. The Kier molecular flexibility index (Phi) is 4.63. The summed E-state index contributed by atoms with van der Waals surface area (Å²) < 4.78 is 5.39. The van der Waals surface area contributed by atoms with Crippen LogP contribution in [0.15, 0.2) is 72.3 Å². The SMILES string of the molecule is CC1=CC(=O)N(c2ccc(-c3ccc(N4COCC=CC4=O)cc3)cc2)C1=O. The quantitative estimate of drug-likeness (QED) is 0.775. The number of imide groups is 1. The number of nitrogens with zero attached hydrogens (tertiary/aromatic N) is 2. The minimum atomic E-state index is -0.321. The number of benzene rings is 2. The van der Waals surface area contributed by atoms with Crippen molar-refractivity contribution in [2.24, 2.45) is 0 Å². The smallest absolute Gasteiger partial charge is 0.261 e. The van der Waals surface area contributed by atoms with Crippen LogP contribution < -0.4 is 9.80 Å². The van der Waals surface area contributed by atoms with Gasteiger partial charge in [0, 0.05) is 23.4 Å². The molecule has 2 aromatic rings. The monoisotopic (exact) mass is 374 g/mol. The Bertz CT molecular complexity index is 1000. The van der Waals surface area contributed by atoms with Gasteiger partial charge in [-0.15, -0.1) is 0 Å². The van der Waals surface area contributed by atoms with E-state index in [2.05, 4.69) is 0 Å². The highest BCUT2D eigenvalue weighted by Gasteiger charge is 2.29. The standard InChI is InChI=1S/C22H18N2O4/c1-15-13-21(26)24(22(15)27)19-10-6-17(7-11-19)16-4-8-18(9-5-16)23-14-28-12-2-3-20(23)25/h2-11,13H,12,14H2,1H3. The van der Waals surface area contributed by atoms with Crippen LogP contribution in [0.25, 0.3) is 11.1 Å². The summed E-state index contributed by atoms with van der Waals surface area (Å²) in [6.07, 6.45) is 4.56. The minimum Gasteiger partial charge on any atom is -0.357 e. The number of hydrogen-bond acceptors (Lipinski definition) is 4. The Balaban J connectivity index is 1.54. The van der Waals surface area contributed by atoms with Crippen LogP contribution in [0.4, 0.5) is 11.4 Å². The van der Waals surface area contributed by atoms with Crippen molar-refractivity contribution in [3.63, 3.8) is 0 Å². The van der Waals surface area contributed by atoms with E-state index in [-0.39, 0.29) is 24.5 Å². The molecule has 0 unspecified atom stereocenters. The molecule has 28 heavy (non-hydrogen) atoms. The normalized spacial score (nSPS) is 17.2. The van der Waals surface area contributed by atoms with E-state index in [4.69, 9.17) is 4.74 Å². The molecule has 6 heteroatoms. The van der Waals surface area contributed by atoms with Crippen LogP contribution in [-0.4, -0.2) is 31.1 Å². The number of carbonyl (C=O) groups is 3. The molecule has 2 aliphatic rings. The molecule has 0 spiro atoms. The Hall–Kier alpha value is -3.51. The molecule has 0 N–H and O–H groups in total. The van der Waals surface area contributed by atoms with E-state index >= 15 is 0 Å². The average Bonchev–Trinajstić information content (AvgIpc) is 2.85. The van der Waals surface area contributed by atoms with Crippen molar-refractivity contribution >= 4 is 29.1 Å². The van der Waals surface area contributed by atoms with E-state index in [1.54, 1.807) is 30.0 Å². The second-order valence-electron chi connectivity index (χ2n) is 6.57. The fourth-order valence-corrected chi connectivity index (χ4v) is 3.19. The van der Waals surface area contributed by atoms with Crippen LogP contribution in [0.2, 0.25) is 0 Å². The Labute approximate surface area is 162 Å². The second-order valence-corrected chi connectivity index (χ2v) is 6.57. The highest BCUT2D eigenvalue weighted by atomic mass is 16.5. The van der Waals surface area contributed by atoms with Gasteiger partial charge in [0.05, 0.1) is 12.3 Å². The second kappa shape index (κ2) is 7.25. The number of rotatable bonds is 3. The summed E-state index contributed by atoms with van der Waals surface area (Å²) in [6, 6.07) is 14.8. The summed E-state index contributed by atoms with van der Waals surface area (Å²) >= 11 is 0. The lowest BCUT2D eigenvalue weighted by Crippen LogP contribution is -2.30. The summed E-state index contributed by atoms with van der Waals surface area (Å²) in [5.74, 6) is -0.725. The van der Waals surface area contributed by atoms with E-state index < -0.39 is 0 Å². The van der Waals surface area contributed by atoms with E-state index in [1.165, 1.54) is 17.1 Å². The average molecular weight is 374 g/mol. The first-order valence-corrected chi connectivity index (χ1v) is 8.87. The van der Waals surface area contributed by atoms with Gasteiger partial charge >= 0.3 is 0 Å². The zero-order valence-electron chi connectivity index (χ0n) is 15.3. The van der Waals surface area contributed by atoms with Gasteiger partial charge in [0.15, 0.2) is 0 Å². The number of hydrogen-bond donors (Lipinski definition) is 0. The first kappa shape index (κ1) is 17.9. The lowest BCUT2D eigenvalue weighted by molar-refractivity contribution is -0.120. The molecule has 2 heterocycles. The van der Waals surface area contributed by atoms with Gasteiger partial charge in [-0.1, -0.05) is 30.3 Å². The van der Waals surface area contributed by atoms with Crippen LogP contribution in [0.1, 0.15) is 6.92 Å². The predicted molar refractivity (Wildman–Crippen MR) is 106 cm³/mol. The molecule has 0 bridgehead atoms. The van der Waals surface area contributed by atoms with E-state index in [0.29, 0.717) is 17.9 Å². The molecule has 2 aliphatic heterocycles. The number of anilines is 2. The first-order chi connectivity index (χ1) is 13.5. The predicted octanol–water partition coefficient (Wildman–Crippen LogP) is 3.05. The fourth-order valence-electron chi connectivity index (χ4n) is 3.19. The van der Waals surface area contributed by atoms with Gasteiger partial charge < -0.3 is 4.74 Å². The van der Waals surface area contributed by atoms with Gasteiger partial charge in [0.1, 0.15) is 6.73 Å². The Morgan fingerprint density at radius 1 is 0.821 bits per heavy atom. The lowest BCUT2D eigenvalue weighted by Gasteiger charge is -2.20. The molecule has 0 aromatic heterocycles. The van der Waals surface area contributed by atoms with Gasteiger partial charge in [-0.25, -0.2) is 4.90 Å². The summed E-state index contributed by atoms with van der Waals surface area (Å²) in [6.45, 7) is 2.26. The molecule has 140 valence electrons. The first-order valence-electron chi connectivity index (χ1n) is 8.87. The van der Waals surface area contributed by atoms with Crippen LogP contribution >= 0.6 is 0 Å². The van der Waals surface area contributed by atoms with Crippen molar-refractivity contribution in [1.82, 2.24) is 0 Å². The molecule has 4 rings (SSSR count). The number of carbonyl (C=O) groups excluding carboxylic acids is 3. The van der Waals surface area contributed by atoms with Gasteiger partial charge in [0.2, 0.25) is 0 Å². The maximum atomic E-state index is 12.1. The molecule has 3 amide bonds. The highest BCUT2D eigenvalue weighted by Crippen LogP contribution is 2.28. The van der Waals surface area contributed by atoms with E-state index in [9.17, 15) is 14.4 Å². The Morgan fingerprint density at radius 3 is 2.00 bits per heavy atom. The van der Waals surface area contributed by atoms with Crippen molar-refractivity contribution in [2.75, 3.05) is 23.1 Å². The van der Waals surface area contributed by atoms with Crippen molar-refractivity contribution in [1.29, 1.82) is 0 Å². The number of ether oxygens (including phenoxy) is 1. The van der Waals surface area contributed by atoms with E-state index in [0.717, 1.165) is 16.8 Å². The molecule has 6 nitrogen and oxygen atoms in total. The maximum Gasteiger partial charge on any atom is 0.261 e. The van der Waals surface area contributed by atoms with Gasteiger partial charge in [-0.2, -0.15) is 0 Å². The molecule has 0 radical (unpaired) electrons. The molecule has 0 fully saturated rings. The van der Waals surface area contributed by atoms with Crippen LogP contribution in [0.3, 0.4) is 0 Å². The molecule has 0 atom stereocenters. The molecule has 0 saturated carbocycles. The van der Waals surface area contributed by atoms with Gasteiger partial charge in [-0.05, 0) is 42.3 Å². The van der Waals surface area contributed by atoms with Gasteiger partial charge in [0.25, 0.3) is 17.7 Å². The zero-order chi connectivity index (χ0) is 19.7. The van der Waals surface area contributed by atoms with Crippen LogP contribution in [0, 0.1) is 0 Å². The molecular weight excluding hydrogens is 356 g/mol. The molecule has 2 aromatic carbocycles. The zero-order valence-corrected chi connectivity index (χ0v) is 15.3. The van der Waals surface area contributed by atoms with E-state index in [1.807, 2.05) is 36.4 Å². The third-order valence-corrected chi connectivity index (χ3v) is 4.70. The summed E-state index contributed by atoms with van der Waals surface area (Å²) in [5, 5.41) is 0. The molecular formula is C22H18N2O4. The summed E-state index contributed by atoms with van der Waals surface area (Å²) in [4.78, 5) is 38.9. The topological polar surface area (TPSA) is 66.9 Å². The fraction of sp³-hybridized carbons (Fsp3) is 0.136. The molecule has 0 saturated heterocycles. The largest absolute Gasteiger partial charge is 0.357 e. The lowest BCUT2D eigenvalue weighted by atomic mass is 10.0.